The smallest absolute Gasteiger partial charge is 0.247 e. The Balaban J connectivity index is 1.56. The molecule has 0 saturated heterocycles. The Bertz CT molecular complexity index is 671. The molecular weight excluding hydrogens is 278 g/mol. The Morgan fingerprint density at radius 1 is 1.50 bits per heavy atom. The quantitative estimate of drug-likeness (QED) is 0.939. The number of amides is 1. The van der Waals surface area contributed by atoms with Crippen LogP contribution in [-0.2, 0) is 17.8 Å². The van der Waals surface area contributed by atoms with Crippen LogP contribution in [0.5, 0.6) is 0 Å². The molecule has 0 spiro atoms. The highest BCUT2D eigenvalue weighted by Gasteiger charge is 2.34. The normalized spacial score (nSPS) is 19.0. The Labute approximate surface area is 129 Å². The fourth-order valence-electron chi connectivity index (χ4n) is 3.35. The minimum absolute atomic E-state index is 0.166. The molecule has 1 saturated carbocycles. The number of hydrogen-bond donors (Lipinski definition) is 1. The number of hydrogen-bond acceptors (Lipinski definition) is 3. The van der Waals surface area contributed by atoms with Crippen molar-refractivity contribution in [1.29, 1.82) is 0 Å². The Morgan fingerprint density at radius 2 is 2.36 bits per heavy atom. The summed E-state index contributed by atoms with van der Waals surface area (Å²) in [6.45, 7) is 3.48. The third-order valence-corrected chi connectivity index (χ3v) is 4.76. The maximum absolute atomic E-state index is 12.9. The van der Waals surface area contributed by atoms with Gasteiger partial charge in [-0.3, -0.25) is 14.6 Å². The second kappa shape index (κ2) is 5.26. The van der Waals surface area contributed by atoms with E-state index in [0.29, 0.717) is 12.5 Å². The van der Waals surface area contributed by atoms with Crippen molar-refractivity contribution in [1.82, 2.24) is 24.9 Å². The molecule has 1 amide bonds. The van der Waals surface area contributed by atoms with Crippen molar-refractivity contribution in [2.45, 2.75) is 51.1 Å². The lowest BCUT2D eigenvalue weighted by Gasteiger charge is -2.30. The van der Waals surface area contributed by atoms with Gasteiger partial charge in [0.2, 0.25) is 5.91 Å². The van der Waals surface area contributed by atoms with Crippen LogP contribution in [0.25, 0.3) is 0 Å². The summed E-state index contributed by atoms with van der Waals surface area (Å²) in [6.07, 6.45) is 7.69. The second-order valence-corrected chi connectivity index (χ2v) is 6.26. The molecule has 1 fully saturated rings. The molecule has 116 valence electrons. The third kappa shape index (κ3) is 2.23. The predicted octanol–water partition coefficient (Wildman–Crippen LogP) is 2.02. The molecule has 22 heavy (non-hydrogen) atoms. The molecule has 6 nitrogen and oxygen atoms in total. The van der Waals surface area contributed by atoms with Gasteiger partial charge < -0.3 is 4.90 Å². The first kappa shape index (κ1) is 13.5. The van der Waals surface area contributed by atoms with Crippen molar-refractivity contribution in [3.05, 3.63) is 35.4 Å². The van der Waals surface area contributed by atoms with E-state index in [0.717, 1.165) is 19.4 Å². The van der Waals surface area contributed by atoms with Gasteiger partial charge in [0.15, 0.2) is 0 Å². The highest BCUT2D eigenvalue weighted by atomic mass is 16.2. The molecule has 1 atom stereocenters. The molecule has 0 radical (unpaired) electrons. The summed E-state index contributed by atoms with van der Waals surface area (Å²) in [7, 11) is 0. The van der Waals surface area contributed by atoms with Gasteiger partial charge in [-0.2, -0.15) is 10.2 Å². The molecule has 0 unspecified atom stereocenters. The number of nitrogens with zero attached hydrogens (tertiary/aromatic N) is 4. The first-order valence-electron chi connectivity index (χ1n) is 8.11. The summed E-state index contributed by atoms with van der Waals surface area (Å²) < 4.78 is 1.77. The van der Waals surface area contributed by atoms with Crippen molar-refractivity contribution < 1.29 is 4.79 Å². The van der Waals surface area contributed by atoms with Crippen molar-refractivity contribution in [2.75, 3.05) is 6.54 Å². The minimum atomic E-state index is -0.201. The largest absolute Gasteiger partial charge is 0.336 e. The van der Waals surface area contributed by atoms with E-state index in [1.807, 2.05) is 24.1 Å². The lowest BCUT2D eigenvalue weighted by molar-refractivity contribution is -0.136. The molecule has 1 N–H and O–H groups in total. The van der Waals surface area contributed by atoms with Crippen LogP contribution in [-0.4, -0.2) is 37.3 Å². The summed E-state index contributed by atoms with van der Waals surface area (Å²) in [5.41, 5.74) is 3.68. The lowest BCUT2D eigenvalue weighted by Crippen LogP contribution is -2.40. The summed E-state index contributed by atoms with van der Waals surface area (Å²) >= 11 is 0. The van der Waals surface area contributed by atoms with E-state index >= 15 is 0 Å². The van der Waals surface area contributed by atoms with E-state index in [4.69, 9.17) is 0 Å². The molecule has 0 bridgehead atoms. The minimum Gasteiger partial charge on any atom is -0.336 e. The van der Waals surface area contributed by atoms with Crippen LogP contribution in [0.1, 0.15) is 55.1 Å². The fourth-order valence-corrected chi connectivity index (χ4v) is 3.35. The highest BCUT2D eigenvalue weighted by Crippen LogP contribution is 2.42. The van der Waals surface area contributed by atoms with E-state index in [2.05, 4.69) is 15.3 Å². The van der Waals surface area contributed by atoms with E-state index in [1.165, 1.54) is 29.8 Å². The van der Waals surface area contributed by atoms with Gasteiger partial charge in [0, 0.05) is 49.1 Å². The van der Waals surface area contributed by atoms with Gasteiger partial charge in [-0.1, -0.05) is 6.92 Å². The monoisotopic (exact) mass is 299 g/mol. The molecule has 2 aromatic heterocycles. The Morgan fingerprint density at radius 3 is 3.05 bits per heavy atom. The molecule has 1 aliphatic heterocycles. The molecule has 2 aromatic rings. The van der Waals surface area contributed by atoms with Crippen molar-refractivity contribution in [2.24, 2.45) is 0 Å². The van der Waals surface area contributed by atoms with E-state index in [1.54, 1.807) is 10.9 Å². The molecule has 3 heterocycles. The van der Waals surface area contributed by atoms with Gasteiger partial charge in [-0.15, -0.1) is 0 Å². The number of rotatable bonds is 4. The summed E-state index contributed by atoms with van der Waals surface area (Å²) in [6, 6.07) is 1.67. The predicted molar refractivity (Wildman–Crippen MR) is 81.2 cm³/mol. The van der Waals surface area contributed by atoms with Crippen LogP contribution in [0.3, 0.4) is 0 Å². The first-order valence-corrected chi connectivity index (χ1v) is 8.11. The molecule has 0 aromatic carbocycles. The lowest BCUT2D eigenvalue weighted by atomic mass is 10.0. The molecule has 6 heteroatoms. The van der Waals surface area contributed by atoms with Gasteiger partial charge in [-0.25, -0.2) is 0 Å². The molecule has 4 rings (SSSR count). The van der Waals surface area contributed by atoms with Crippen LogP contribution < -0.4 is 0 Å². The standard InChI is InChI=1S/C16H21N5O/c1-2-14(21-8-3-7-17-21)16(22)20-9-6-13-12(10-20)15(19-18-13)11-4-5-11/h3,7-8,11,14H,2,4-6,9-10H2,1H3,(H,18,19)/t14-/m1/s1. The summed E-state index contributed by atoms with van der Waals surface area (Å²) in [5, 5.41) is 11.9. The van der Waals surface area contributed by atoms with Gasteiger partial charge in [0.05, 0.1) is 5.69 Å². The van der Waals surface area contributed by atoms with E-state index in [9.17, 15) is 4.79 Å². The van der Waals surface area contributed by atoms with Crippen molar-refractivity contribution in [3.63, 3.8) is 0 Å². The maximum atomic E-state index is 12.9. The van der Waals surface area contributed by atoms with Gasteiger partial charge in [0.1, 0.15) is 6.04 Å². The molecule has 2 aliphatic rings. The fraction of sp³-hybridized carbons (Fsp3) is 0.562. The Kier molecular flexibility index (Phi) is 3.24. The maximum Gasteiger partial charge on any atom is 0.247 e. The zero-order valence-electron chi connectivity index (χ0n) is 12.8. The average Bonchev–Trinajstić information content (AvgIpc) is 3.08. The number of fused-ring (bicyclic) bond motifs is 1. The zero-order chi connectivity index (χ0) is 15.1. The van der Waals surface area contributed by atoms with Gasteiger partial charge in [0.25, 0.3) is 0 Å². The second-order valence-electron chi connectivity index (χ2n) is 6.26. The molecule has 1 aliphatic carbocycles. The zero-order valence-corrected chi connectivity index (χ0v) is 12.8. The van der Waals surface area contributed by atoms with Crippen LogP contribution >= 0.6 is 0 Å². The number of carbonyl (C=O) groups excluding carboxylic acids is 1. The topological polar surface area (TPSA) is 66.8 Å². The van der Waals surface area contributed by atoms with E-state index < -0.39 is 0 Å². The summed E-state index contributed by atoms with van der Waals surface area (Å²) in [4.78, 5) is 14.9. The Hall–Kier alpha value is -2.11. The van der Waals surface area contributed by atoms with Gasteiger partial charge >= 0.3 is 0 Å². The number of aromatic amines is 1. The van der Waals surface area contributed by atoms with Crippen molar-refractivity contribution in [3.8, 4) is 0 Å². The van der Waals surface area contributed by atoms with Crippen LogP contribution in [0.4, 0.5) is 0 Å². The number of carbonyl (C=O) groups is 1. The third-order valence-electron chi connectivity index (χ3n) is 4.76. The van der Waals surface area contributed by atoms with E-state index in [-0.39, 0.29) is 11.9 Å². The highest BCUT2D eigenvalue weighted by molar-refractivity contribution is 5.80. The summed E-state index contributed by atoms with van der Waals surface area (Å²) in [5.74, 6) is 0.780. The average molecular weight is 299 g/mol. The number of H-pyrrole nitrogens is 1. The van der Waals surface area contributed by atoms with Gasteiger partial charge in [-0.05, 0) is 25.3 Å². The number of aromatic nitrogens is 4. The number of nitrogens with one attached hydrogen (secondary N) is 1. The van der Waals surface area contributed by atoms with Crippen LogP contribution in [0, 0.1) is 0 Å². The molecular formula is C16H21N5O. The van der Waals surface area contributed by atoms with Crippen molar-refractivity contribution >= 4 is 5.91 Å². The SMILES string of the molecule is CC[C@H](C(=O)N1CCc2[nH]nc(C3CC3)c2C1)n1cccn1. The van der Waals surface area contributed by atoms with Crippen LogP contribution in [0.15, 0.2) is 18.5 Å². The van der Waals surface area contributed by atoms with Crippen LogP contribution in [0.2, 0.25) is 0 Å². The first-order chi connectivity index (χ1) is 10.8.